The fourth-order valence-electron chi connectivity index (χ4n) is 0.791. The van der Waals surface area contributed by atoms with Gasteiger partial charge in [-0.15, -0.1) is 0 Å². The summed E-state index contributed by atoms with van der Waals surface area (Å²) < 4.78 is 0. The van der Waals surface area contributed by atoms with E-state index in [2.05, 4.69) is 0 Å². The average Bonchev–Trinajstić information content (AvgIpc) is 2.06. The summed E-state index contributed by atoms with van der Waals surface area (Å²) in [6.07, 6.45) is 1.42. The zero-order valence-corrected chi connectivity index (χ0v) is 6.40. The molecule has 0 aliphatic rings. The fourth-order valence-corrected chi connectivity index (χ4v) is 0.791. The summed E-state index contributed by atoms with van der Waals surface area (Å²) in [4.78, 5) is 10.3. The first-order valence-electron chi connectivity index (χ1n) is 3.45. The van der Waals surface area contributed by atoms with Crippen molar-refractivity contribution in [2.24, 2.45) is 5.73 Å². The smallest absolute Gasteiger partial charge is 0.326 e. The van der Waals surface area contributed by atoms with Crippen molar-refractivity contribution < 1.29 is 9.90 Å². The number of hydrogen-bond acceptors (Lipinski definition) is 2. The van der Waals surface area contributed by atoms with Crippen LogP contribution in [0.2, 0.25) is 0 Å². The molecule has 0 fully saturated rings. The molecule has 1 aromatic rings. The van der Waals surface area contributed by atoms with E-state index in [9.17, 15) is 4.79 Å². The first kappa shape index (κ1) is 8.74. The third-order valence-corrected chi connectivity index (χ3v) is 1.37. The van der Waals surface area contributed by atoms with E-state index in [0.29, 0.717) is 0 Å². The molecule has 3 nitrogen and oxygen atoms in total. The Morgan fingerprint density at radius 3 is 2.42 bits per heavy atom. The van der Waals surface area contributed by atoms with Gasteiger partial charge in [-0.2, -0.15) is 0 Å². The van der Waals surface area contributed by atoms with Gasteiger partial charge in [0.15, 0.2) is 6.04 Å². The maximum absolute atomic E-state index is 10.3. The maximum atomic E-state index is 10.3. The summed E-state index contributed by atoms with van der Waals surface area (Å²) in [6, 6.07) is 8.92. The highest BCUT2D eigenvalue weighted by Crippen LogP contribution is 2.07. The molecule has 0 aromatic heterocycles. The van der Waals surface area contributed by atoms with Crippen LogP contribution in [0.25, 0.3) is 0 Å². The van der Waals surface area contributed by atoms with E-state index in [1.807, 2.05) is 18.2 Å². The lowest BCUT2D eigenvalue weighted by molar-refractivity contribution is -0.134. The van der Waals surface area contributed by atoms with Crippen molar-refractivity contribution in [3.05, 3.63) is 48.4 Å². The van der Waals surface area contributed by atoms with E-state index in [1.165, 1.54) is 6.42 Å². The molecule has 0 bridgehead atoms. The van der Waals surface area contributed by atoms with Gasteiger partial charge in [-0.05, 0) is 5.56 Å². The predicted octanol–water partition coefficient (Wildman–Crippen LogP) is 0.814. The summed E-state index contributed by atoms with van der Waals surface area (Å²) in [7, 11) is 0. The van der Waals surface area contributed by atoms with Gasteiger partial charge in [0, 0.05) is 6.42 Å². The molecule has 0 atom stereocenters. The van der Waals surface area contributed by atoms with Crippen LogP contribution >= 0.6 is 0 Å². The van der Waals surface area contributed by atoms with Gasteiger partial charge in [-0.25, -0.2) is 0 Å². The second-order valence-corrected chi connectivity index (χ2v) is 2.32. The molecule has 2 radical (unpaired) electrons. The summed E-state index contributed by atoms with van der Waals surface area (Å²) in [5.74, 6) is -1.10. The molecule has 0 amide bonds. The summed E-state index contributed by atoms with van der Waals surface area (Å²) >= 11 is 0. The van der Waals surface area contributed by atoms with Crippen molar-refractivity contribution in [2.45, 2.75) is 0 Å². The Morgan fingerprint density at radius 1 is 1.33 bits per heavy atom. The second-order valence-electron chi connectivity index (χ2n) is 2.32. The monoisotopic (exact) mass is 163 g/mol. The Bertz CT molecular complexity index is 258. The van der Waals surface area contributed by atoms with Crippen LogP contribution in [-0.2, 0) is 4.79 Å². The van der Waals surface area contributed by atoms with Crippen LogP contribution < -0.4 is 5.73 Å². The van der Waals surface area contributed by atoms with Crippen LogP contribution in [0, 0.1) is 12.5 Å². The highest BCUT2D eigenvalue weighted by atomic mass is 16.4. The number of benzene rings is 1. The lowest BCUT2D eigenvalue weighted by Gasteiger charge is -2.03. The Labute approximate surface area is 70.8 Å². The number of aliphatic carboxylic acids is 1. The fraction of sp³-hybridized carbons (Fsp3) is 0. The van der Waals surface area contributed by atoms with E-state index in [1.54, 1.807) is 12.1 Å². The van der Waals surface area contributed by atoms with Crippen molar-refractivity contribution in [3.8, 4) is 0 Å². The van der Waals surface area contributed by atoms with Crippen LogP contribution in [0.1, 0.15) is 5.56 Å². The number of rotatable bonds is 3. The minimum absolute atomic E-state index is 0.152. The Balaban J connectivity index is 2.58. The third-order valence-electron chi connectivity index (χ3n) is 1.37. The van der Waals surface area contributed by atoms with E-state index >= 15 is 0 Å². The zero-order valence-electron chi connectivity index (χ0n) is 6.40. The van der Waals surface area contributed by atoms with Crippen molar-refractivity contribution in [1.82, 2.24) is 0 Å². The van der Waals surface area contributed by atoms with Gasteiger partial charge >= 0.3 is 5.97 Å². The Hall–Kier alpha value is -1.35. The van der Waals surface area contributed by atoms with Crippen molar-refractivity contribution in [3.63, 3.8) is 0 Å². The minimum atomic E-state index is -1.10. The van der Waals surface area contributed by atoms with Crippen LogP contribution in [0.15, 0.2) is 30.3 Å². The summed E-state index contributed by atoms with van der Waals surface area (Å²) in [6.45, 7) is 0. The molecule has 0 aliphatic heterocycles. The standard InChI is InChI=1S/C9H9NO2/c10-8(9(11)12)6-7-4-2-1-3-5-7/h1-6H,10H2,(H,11,12). The molecule has 0 unspecified atom stereocenters. The van der Waals surface area contributed by atoms with Gasteiger partial charge < -0.3 is 10.8 Å². The van der Waals surface area contributed by atoms with E-state index in [4.69, 9.17) is 10.8 Å². The highest BCUT2D eigenvalue weighted by molar-refractivity contribution is 5.84. The molecule has 1 aromatic carbocycles. The zero-order chi connectivity index (χ0) is 8.97. The number of carboxylic acid groups (broad SMARTS) is 1. The van der Waals surface area contributed by atoms with Gasteiger partial charge in [0.25, 0.3) is 0 Å². The summed E-state index contributed by atoms with van der Waals surface area (Å²) in [5.41, 5.74) is 6.00. The SMILES string of the molecule is N[C]([CH]c1ccccc1)C(=O)O. The van der Waals surface area contributed by atoms with Gasteiger partial charge in [0.2, 0.25) is 0 Å². The largest absolute Gasteiger partial charge is 0.480 e. The molecule has 12 heavy (non-hydrogen) atoms. The molecule has 1 rings (SSSR count). The molecular weight excluding hydrogens is 154 g/mol. The van der Waals surface area contributed by atoms with Crippen LogP contribution in [0.5, 0.6) is 0 Å². The lowest BCUT2D eigenvalue weighted by Crippen LogP contribution is -2.21. The first-order chi connectivity index (χ1) is 5.70. The number of hydrogen-bond donors (Lipinski definition) is 2. The van der Waals surface area contributed by atoms with Crippen LogP contribution in [0.3, 0.4) is 0 Å². The molecule has 0 aliphatic carbocycles. The summed E-state index contributed by atoms with van der Waals surface area (Å²) in [5, 5.41) is 8.45. The molecule has 0 heterocycles. The molecule has 3 heteroatoms. The molecule has 0 saturated carbocycles. The molecule has 3 N–H and O–H groups in total. The van der Waals surface area contributed by atoms with Crippen molar-refractivity contribution in [1.29, 1.82) is 0 Å². The maximum Gasteiger partial charge on any atom is 0.326 e. The first-order valence-corrected chi connectivity index (χ1v) is 3.45. The lowest BCUT2D eigenvalue weighted by atomic mass is 10.1. The van der Waals surface area contributed by atoms with Crippen LogP contribution in [0.4, 0.5) is 0 Å². The third kappa shape index (κ3) is 2.36. The van der Waals surface area contributed by atoms with E-state index < -0.39 is 5.97 Å². The molecule has 62 valence electrons. The number of carbonyl (C=O) groups is 1. The van der Waals surface area contributed by atoms with Gasteiger partial charge in [0.1, 0.15) is 0 Å². The molecule has 0 spiro atoms. The number of carboxylic acids is 1. The number of nitrogens with two attached hydrogens (primary N) is 1. The van der Waals surface area contributed by atoms with Crippen LogP contribution in [-0.4, -0.2) is 11.1 Å². The Morgan fingerprint density at radius 2 is 1.92 bits per heavy atom. The topological polar surface area (TPSA) is 63.3 Å². The highest BCUT2D eigenvalue weighted by Gasteiger charge is 2.13. The predicted molar refractivity (Wildman–Crippen MR) is 44.9 cm³/mol. The van der Waals surface area contributed by atoms with Crippen molar-refractivity contribution in [2.75, 3.05) is 0 Å². The van der Waals surface area contributed by atoms with Gasteiger partial charge in [0.05, 0.1) is 0 Å². The van der Waals surface area contributed by atoms with Crippen molar-refractivity contribution >= 4 is 5.97 Å². The minimum Gasteiger partial charge on any atom is -0.480 e. The quantitative estimate of drug-likeness (QED) is 0.693. The van der Waals surface area contributed by atoms with E-state index in [0.717, 1.165) is 5.56 Å². The molecular formula is C9H9NO2. The normalized spacial score (nSPS) is 10.2. The molecule has 0 saturated heterocycles. The van der Waals surface area contributed by atoms with Gasteiger partial charge in [-0.3, -0.25) is 4.79 Å². The van der Waals surface area contributed by atoms with E-state index in [-0.39, 0.29) is 6.04 Å². The van der Waals surface area contributed by atoms with Gasteiger partial charge in [-0.1, -0.05) is 30.3 Å². The Kier molecular flexibility index (Phi) is 2.82. The average molecular weight is 163 g/mol. The second kappa shape index (κ2) is 3.88.